The fourth-order valence-corrected chi connectivity index (χ4v) is 5.53. The molecule has 1 unspecified atom stereocenters. The van der Waals surface area contributed by atoms with E-state index in [0.29, 0.717) is 5.92 Å². The Labute approximate surface area is 186 Å². The highest BCUT2D eigenvalue weighted by Crippen LogP contribution is 2.42. The molecule has 2 aliphatic rings. The quantitative estimate of drug-likeness (QED) is 0.478. The second kappa shape index (κ2) is 7.87. The van der Waals surface area contributed by atoms with Crippen molar-refractivity contribution in [2.45, 2.75) is 31.3 Å². The van der Waals surface area contributed by atoms with Gasteiger partial charge in [0, 0.05) is 48.6 Å². The number of halogens is 1. The van der Waals surface area contributed by atoms with E-state index in [9.17, 15) is 4.39 Å². The maximum absolute atomic E-state index is 13.3. The molecule has 2 aliphatic heterocycles. The van der Waals surface area contributed by atoms with Crippen LogP contribution in [0.2, 0.25) is 0 Å². The number of fused-ring (bicyclic) bond motifs is 3. The van der Waals surface area contributed by atoms with E-state index in [0.717, 1.165) is 49.6 Å². The minimum atomic E-state index is -0.235. The van der Waals surface area contributed by atoms with E-state index in [-0.39, 0.29) is 17.9 Å². The molecule has 4 heterocycles. The van der Waals surface area contributed by atoms with Gasteiger partial charge in [-0.3, -0.25) is 5.32 Å². The van der Waals surface area contributed by atoms with Crippen molar-refractivity contribution in [1.82, 2.24) is 19.9 Å². The Hall–Kier alpha value is -2.96. The van der Waals surface area contributed by atoms with Crippen molar-refractivity contribution in [2.75, 3.05) is 13.2 Å². The van der Waals surface area contributed by atoms with Crippen LogP contribution in [-0.2, 0) is 18.2 Å². The third kappa shape index (κ3) is 3.26. The number of benzene rings is 2. The largest absolute Gasteiger partial charge is 0.381 e. The topological polar surface area (TPSA) is 54.9 Å². The van der Waals surface area contributed by atoms with Crippen LogP contribution in [0.15, 0.2) is 54.7 Å². The third-order valence-electron chi connectivity index (χ3n) is 7.15. The Morgan fingerprint density at radius 1 is 1.06 bits per heavy atom. The lowest BCUT2D eigenvalue weighted by Crippen LogP contribution is -2.40. The number of aryl methyl sites for hydroxylation is 1. The molecule has 0 amide bonds. The van der Waals surface area contributed by atoms with Gasteiger partial charge in [-0.15, -0.1) is 0 Å². The van der Waals surface area contributed by atoms with E-state index in [1.165, 1.54) is 34.3 Å². The number of rotatable bonds is 3. The summed E-state index contributed by atoms with van der Waals surface area (Å²) in [5, 5.41) is 5.27. The predicted octanol–water partition coefficient (Wildman–Crippen LogP) is 5.06. The van der Waals surface area contributed by atoms with Crippen LogP contribution in [-0.4, -0.2) is 27.7 Å². The number of hydrogen-bond acceptors (Lipinski definition) is 3. The average Bonchev–Trinajstić information content (AvgIpc) is 3.44. The lowest BCUT2D eigenvalue weighted by atomic mass is 9.83. The van der Waals surface area contributed by atoms with Crippen LogP contribution in [0.3, 0.4) is 0 Å². The van der Waals surface area contributed by atoms with Crippen LogP contribution < -0.4 is 5.32 Å². The zero-order valence-corrected chi connectivity index (χ0v) is 18.1. The Kier molecular flexibility index (Phi) is 4.85. The molecule has 1 saturated heterocycles. The predicted molar refractivity (Wildman–Crippen MR) is 123 cm³/mol. The highest BCUT2D eigenvalue weighted by Gasteiger charge is 2.37. The molecule has 0 bridgehead atoms. The Morgan fingerprint density at radius 3 is 2.66 bits per heavy atom. The van der Waals surface area contributed by atoms with E-state index < -0.39 is 0 Å². The Bertz CT molecular complexity index is 1250. The van der Waals surface area contributed by atoms with E-state index in [2.05, 4.69) is 46.2 Å². The summed E-state index contributed by atoms with van der Waals surface area (Å²) in [6.07, 6.45) is 4.92. The van der Waals surface area contributed by atoms with Crippen LogP contribution in [0.5, 0.6) is 0 Å². The summed E-state index contributed by atoms with van der Waals surface area (Å²) in [6.45, 7) is 1.64. The average molecular weight is 431 g/mol. The summed E-state index contributed by atoms with van der Waals surface area (Å²) in [5.41, 5.74) is 5.86. The van der Waals surface area contributed by atoms with Gasteiger partial charge in [0.2, 0.25) is 0 Å². The van der Waals surface area contributed by atoms with Crippen molar-refractivity contribution in [3.8, 4) is 11.3 Å². The minimum Gasteiger partial charge on any atom is -0.381 e. The molecular weight excluding hydrogens is 403 g/mol. The lowest BCUT2D eigenvalue weighted by molar-refractivity contribution is 0.0492. The summed E-state index contributed by atoms with van der Waals surface area (Å²) in [7, 11) is 2.19. The number of nitrogens with zero attached hydrogens (tertiary/aromatic N) is 2. The zero-order chi connectivity index (χ0) is 21.7. The van der Waals surface area contributed by atoms with E-state index in [1.54, 1.807) is 12.1 Å². The van der Waals surface area contributed by atoms with Crippen LogP contribution in [0, 0.1) is 11.7 Å². The van der Waals surface area contributed by atoms with Crippen LogP contribution in [0.4, 0.5) is 4.39 Å². The molecule has 32 heavy (non-hydrogen) atoms. The van der Waals surface area contributed by atoms with Crippen molar-refractivity contribution in [3.05, 3.63) is 77.6 Å². The van der Waals surface area contributed by atoms with Gasteiger partial charge in [-0.25, -0.2) is 9.37 Å². The summed E-state index contributed by atoms with van der Waals surface area (Å²) >= 11 is 0. The summed E-state index contributed by atoms with van der Waals surface area (Å²) in [6, 6.07) is 15.5. The van der Waals surface area contributed by atoms with Gasteiger partial charge in [0.15, 0.2) is 0 Å². The number of nitrogens with one attached hydrogen (secondary N) is 2. The van der Waals surface area contributed by atoms with Gasteiger partial charge >= 0.3 is 0 Å². The highest BCUT2D eigenvalue weighted by atomic mass is 19.1. The smallest absolute Gasteiger partial charge is 0.124 e. The molecule has 1 fully saturated rings. The number of aromatic amines is 1. The van der Waals surface area contributed by atoms with Crippen LogP contribution in [0.25, 0.3) is 22.2 Å². The second-order valence-corrected chi connectivity index (χ2v) is 8.97. The number of aromatic nitrogens is 3. The maximum atomic E-state index is 13.3. The SMILES string of the molecule is Cn1c2c(c3ccccc31)C[C@H](c1nc(-c3ccc(F)cc3)c[nH]1)NC2C1CCOCC1. The first-order chi connectivity index (χ1) is 15.7. The van der Waals surface area contributed by atoms with Gasteiger partial charge in [-0.05, 0) is 61.1 Å². The third-order valence-corrected chi connectivity index (χ3v) is 7.15. The minimum absolute atomic E-state index is 0.0929. The highest BCUT2D eigenvalue weighted by molar-refractivity contribution is 5.86. The van der Waals surface area contributed by atoms with Gasteiger partial charge in [0.25, 0.3) is 0 Å². The molecule has 6 rings (SSSR count). The first-order valence-electron chi connectivity index (χ1n) is 11.4. The number of imidazole rings is 1. The molecule has 0 radical (unpaired) electrons. The normalized spacial score (nSPS) is 21.7. The van der Waals surface area contributed by atoms with Crippen LogP contribution >= 0.6 is 0 Å². The molecule has 164 valence electrons. The molecular formula is C26H27FN4O. The molecule has 4 aromatic rings. The molecule has 5 nitrogen and oxygen atoms in total. The summed E-state index contributed by atoms with van der Waals surface area (Å²) in [4.78, 5) is 8.30. The van der Waals surface area contributed by atoms with E-state index in [4.69, 9.17) is 9.72 Å². The monoisotopic (exact) mass is 430 g/mol. The molecule has 0 saturated carbocycles. The molecule has 6 heteroatoms. The molecule has 2 atom stereocenters. The fourth-order valence-electron chi connectivity index (χ4n) is 5.53. The number of H-pyrrole nitrogens is 1. The number of hydrogen-bond donors (Lipinski definition) is 2. The van der Waals surface area contributed by atoms with Crippen LogP contribution in [0.1, 0.15) is 42.0 Å². The standard InChI is InChI=1S/C26H27FN4O/c1-31-23-5-3-2-4-19(23)20-14-21(29-24(25(20)31)17-10-12-32-13-11-17)26-28-15-22(30-26)16-6-8-18(27)9-7-16/h2-9,15,17,21,24,29H,10-14H2,1H3,(H,28,30)/t21-,24?/m1/s1. The molecule has 2 N–H and O–H groups in total. The van der Waals surface area contributed by atoms with E-state index >= 15 is 0 Å². The first-order valence-corrected chi connectivity index (χ1v) is 11.4. The van der Waals surface area contributed by atoms with E-state index in [1.807, 2.05) is 6.20 Å². The Balaban J connectivity index is 1.40. The van der Waals surface area contributed by atoms with Gasteiger partial charge in [0.05, 0.1) is 17.8 Å². The number of ether oxygens (including phenoxy) is 1. The fraction of sp³-hybridized carbons (Fsp3) is 0.346. The lowest BCUT2D eigenvalue weighted by Gasteiger charge is -2.38. The van der Waals surface area contributed by atoms with Gasteiger partial charge in [0.1, 0.15) is 11.6 Å². The summed E-state index contributed by atoms with van der Waals surface area (Å²) < 4.78 is 21.4. The van der Waals surface area contributed by atoms with Crippen molar-refractivity contribution < 1.29 is 9.13 Å². The first kappa shape index (κ1) is 19.7. The van der Waals surface area contributed by atoms with Gasteiger partial charge < -0.3 is 14.3 Å². The molecule has 2 aromatic carbocycles. The van der Waals surface area contributed by atoms with Crippen molar-refractivity contribution in [2.24, 2.45) is 13.0 Å². The molecule has 0 spiro atoms. The van der Waals surface area contributed by atoms with Crippen molar-refractivity contribution in [3.63, 3.8) is 0 Å². The molecule has 2 aromatic heterocycles. The zero-order valence-electron chi connectivity index (χ0n) is 18.1. The maximum Gasteiger partial charge on any atom is 0.124 e. The second-order valence-electron chi connectivity index (χ2n) is 8.97. The number of para-hydroxylation sites is 1. The van der Waals surface area contributed by atoms with Gasteiger partial charge in [-0.2, -0.15) is 0 Å². The summed E-state index contributed by atoms with van der Waals surface area (Å²) in [5.74, 6) is 1.22. The molecule has 0 aliphatic carbocycles. The van der Waals surface area contributed by atoms with Crippen molar-refractivity contribution in [1.29, 1.82) is 0 Å². The Morgan fingerprint density at radius 2 is 1.84 bits per heavy atom. The van der Waals surface area contributed by atoms with Crippen molar-refractivity contribution >= 4 is 10.9 Å². The van der Waals surface area contributed by atoms with Gasteiger partial charge in [-0.1, -0.05) is 18.2 Å².